The molecule has 80 valence electrons. The quantitative estimate of drug-likeness (QED) is 0.434. The predicted molar refractivity (Wildman–Crippen MR) is 57.2 cm³/mol. The van der Waals surface area contributed by atoms with Gasteiger partial charge in [0.2, 0.25) is 0 Å². The average molecular weight is 226 g/mol. The molecule has 0 aromatic carbocycles. The molecule has 0 saturated carbocycles. The first-order valence-corrected chi connectivity index (χ1v) is 5.28. The molecule has 0 aliphatic carbocycles. The molecule has 3 N–H and O–H groups in total. The molecular weight excluding hydrogens is 214 g/mol. The van der Waals surface area contributed by atoms with Crippen LogP contribution in [-0.2, 0) is 9.53 Å². The van der Waals surface area contributed by atoms with Gasteiger partial charge in [0.15, 0.2) is 0 Å². The number of thiazole rings is 1. The molecule has 0 radical (unpaired) electrons. The van der Waals surface area contributed by atoms with E-state index < -0.39 is 5.97 Å². The summed E-state index contributed by atoms with van der Waals surface area (Å²) in [6, 6.07) is 0. The smallest absolute Gasteiger partial charge is 0.345 e. The summed E-state index contributed by atoms with van der Waals surface area (Å²) in [5.74, 6) is -0.486. The van der Waals surface area contributed by atoms with E-state index in [1.807, 2.05) is 5.38 Å². The minimum atomic E-state index is -0.486. The molecule has 0 saturated heterocycles. The number of aromatic nitrogens is 1. The number of esters is 1. The van der Waals surface area contributed by atoms with Crippen molar-refractivity contribution in [3.8, 4) is 0 Å². The van der Waals surface area contributed by atoms with Gasteiger partial charge in [-0.3, -0.25) is 5.32 Å². The minimum absolute atomic E-state index is 0.215. The Bertz CT molecular complexity index is 359. The molecule has 0 aliphatic heterocycles. The molecule has 1 aromatic rings. The highest BCUT2D eigenvalue weighted by Crippen LogP contribution is 2.02. The molecular formula is C9H12N3O2S+. The summed E-state index contributed by atoms with van der Waals surface area (Å²) in [4.78, 5) is 15.3. The molecule has 0 bridgehead atoms. The van der Waals surface area contributed by atoms with Crippen LogP contribution in [0.2, 0.25) is 0 Å². The van der Waals surface area contributed by atoms with Gasteiger partial charge in [-0.1, -0.05) is 11.3 Å². The lowest BCUT2D eigenvalue weighted by Crippen LogP contribution is -2.71. The first-order valence-electron chi connectivity index (χ1n) is 4.40. The van der Waals surface area contributed by atoms with Crippen LogP contribution in [0.4, 0.5) is 5.13 Å². The number of hydrogen-bond acceptors (Lipinski definition) is 5. The maximum Gasteiger partial charge on any atom is 0.345 e. The lowest BCUT2D eigenvalue weighted by molar-refractivity contribution is -0.496. The molecule has 0 amide bonds. The lowest BCUT2D eigenvalue weighted by atomic mass is 10.3. The number of quaternary nitrogens is 1. The van der Waals surface area contributed by atoms with Crippen LogP contribution in [0.5, 0.6) is 0 Å². The fourth-order valence-electron chi connectivity index (χ4n) is 0.867. The zero-order valence-corrected chi connectivity index (χ0v) is 9.08. The molecule has 0 unspecified atom stereocenters. The molecule has 0 spiro atoms. The molecule has 1 heterocycles. The predicted octanol–water partition coefficient (Wildman–Crippen LogP) is 0.435. The van der Waals surface area contributed by atoms with Gasteiger partial charge >= 0.3 is 5.97 Å². The molecule has 0 fully saturated rings. The highest BCUT2D eigenvalue weighted by Gasteiger charge is 2.09. The largest absolute Gasteiger partial charge is 0.462 e. The van der Waals surface area contributed by atoms with Gasteiger partial charge in [0.05, 0.1) is 6.61 Å². The van der Waals surface area contributed by atoms with Gasteiger partial charge in [0.25, 0.3) is 5.13 Å². The second-order valence-corrected chi connectivity index (χ2v) is 3.45. The van der Waals surface area contributed by atoms with Crippen molar-refractivity contribution in [1.29, 1.82) is 5.41 Å². The lowest BCUT2D eigenvalue weighted by Gasteiger charge is -1.98. The normalized spacial score (nSPS) is 11.1. The summed E-state index contributed by atoms with van der Waals surface area (Å²) < 4.78 is 4.77. The molecule has 1 aromatic heterocycles. The Hall–Kier alpha value is -1.53. The Kier molecular flexibility index (Phi) is 4.65. The topological polar surface area (TPSA) is 79.7 Å². The SMILES string of the molecule is CCOC(=O)/C(C=N)=C/[NH2+]c1nccs1. The maximum absolute atomic E-state index is 11.3. The van der Waals surface area contributed by atoms with Crippen molar-refractivity contribution in [3.05, 3.63) is 23.3 Å². The number of nitrogens with zero attached hydrogens (tertiary/aromatic N) is 1. The van der Waals surface area contributed by atoms with Crippen molar-refractivity contribution in [2.45, 2.75) is 6.92 Å². The van der Waals surface area contributed by atoms with Crippen LogP contribution in [0.3, 0.4) is 0 Å². The molecule has 0 aliphatic rings. The van der Waals surface area contributed by atoms with Gasteiger partial charge < -0.3 is 10.1 Å². The fourth-order valence-corrected chi connectivity index (χ4v) is 1.40. The summed E-state index contributed by atoms with van der Waals surface area (Å²) in [5.41, 5.74) is 0.215. The van der Waals surface area contributed by atoms with Crippen LogP contribution in [0, 0.1) is 5.41 Å². The van der Waals surface area contributed by atoms with Gasteiger partial charge in [-0.15, -0.1) is 0 Å². The van der Waals surface area contributed by atoms with E-state index in [2.05, 4.69) is 4.98 Å². The monoisotopic (exact) mass is 226 g/mol. The van der Waals surface area contributed by atoms with Crippen LogP contribution in [0.1, 0.15) is 6.92 Å². The van der Waals surface area contributed by atoms with E-state index in [1.54, 1.807) is 18.4 Å². The fraction of sp³-hybridized carbons (Fsp3) is 0.222. The van der Waals surface area contributed by atoms with E-state index >= 15 is 0 Å². The van der Waals surface area contributed by atoms with Crippen LogP contribution in [0.15, 0.2) is 23.3 Å². The minimum Gasteiger partial charge on any atom is -0.462 e. The highest BCUT2D eigenvalue weighted by molar-refractivity contribution is 7.12. The maximum atomic E-state index is 11.3. The van der Waals surface area contributed by atoms with Gasteiger partial charge in [-0.25, -0.2) is 4.79 Å². The van der Waals surface area contributed by atoms with E-state index in [4.69, 9.17) is 10.1 Å². The number of ether oxygens (including phenoxy) is 1. The van der Waals surface area contributed by atoms with E-state index in [1.165, 1.54) is 17.5 Å². The second-order valence-electron chi connectivity index (χ2n) is 2.52. The number of hydrogen-bond donors (Lipinski definition) is 2. The van der Waals surface area contributed by atoms with Crippen LogP contribution in [-0.4, -0.2) is 23.8 Å². The average Bonchev–Trinajstić information content (AvgIpc) is 2.72. The van der Waals surface area contributed by atoms with Crippen molar-refractivity contribution in [2.24, 2.45) is 0 Å². The summed E-state index contributed by atoms with van der Waals surface area (Å²) >= 11 is 1.46. The molecule has 15 heavy (non-hydrogen) atoms. The number of carbonyl (C=O) groups is 1. The van der Waals surface area contributed by atoms with Gasteiger partial charge in [-0.2, -0.15) is 4.98 Å². The van der Waals surface area contributed by atoms with Crippen molar-refractivity contribution in [3.63, 3.8) is 0 Å². The summed E-state index contributed by atoms with van der Waals surface area (Å²) in [6.07, 6.45) is 4.19. The third kappa shape index (κ3) is 3.61. The number of nitrogens with one attached hydrogen (secondary N) is 1. The Morgan fingerprint density at radius 3 is 3.13 bits per heavy atom. The zero-order chi connectivity index (χ0) is 11.1. The van der Waals surface area contributed by atoms with E-state index in [9.17, 15) is 4.79 Å². The van der Waals surface area contributed by atoms with Crippen molar-refractivity contribution < 1.29 is 14.8 Å². The van der Waals surface area contributed by atoms with Crippen LogP contribution >= 0.6 is 11.3 Å². The van der Waals surface area contributed by atoms with Crippen molar-refractivity contribution >= 4 is 28.7 Å². The van der Waals surface area contributed by atoms with Gasteiger partial charge in [0.1, 0.15) is 11.8 Å². The summed E-state index contributed by atoms with van der Waals surface area (Å²) in [5, 5.41) is 11.4. The Morgan fingerprint density at radius 2 is 2.60 bits per heavy atom. The van der Waals surface area contributed by atoms with Crippen LogP contribution in [0.25, 0.3) is 0 Å². The summed E-state index contributed by atoms with van der Waals surface area (Å²) in [7, 11) is 0. The first kappa shape index (κ1) is 11.5. The van der Waals surface area contributed by atoms with Gasteiger partial charge in [0, 0.05) is 17.8 Å². The first-order chi connectivity index (χ1) is 7.27. The highest BCUT2D eigenvalue weighted by atomic mass is 32.1. The number of rotatable bonds is 5. The molecule has 1 rings (SSSR count). The number of nitrogens with two attached hydrogens (primary N) is 1. The van der Waals surface area contributed by atoms with Crippen molar-refractivity contribution in [1.82, 2.24) is 4.98 Å². The molecule has 6 heteroatoms. The van der Waals surface area contributed by atoms with E-state index in [0.29, 0.717) is 6.61 Å². The molecule has 5 nitrogen and oxygen atoms in total. The second kappa shape index (κ2) is 6.05. The van der Waals surface area contributed by atoms with E-state index in [0.717, 1.165) is 11.3 Å². The Morgan fingerprint density at radius 1 is 1.80 bits per heavy atom. The summed E-state index contributed by atoms with van der Waals surface area (Å²) in [6.45, 7) is 2.03. The van der Waals surface area contributed by atoms with Gasteiger partial charge in [-0.05, 0) is 6.92 Å². The van der Waals surface area contributed by atoms with E-state index in [-0.39, 0.29) is 5.57 Å². The third-order valence-corrected chi connectivity index (χ3v) is 2.26. The Labute approximate surface area is 91.3 Å². The standard InChI is InChI=1S/C9H11N3O2S/c1-2-14-8(13)7(5-10)6-12-9-11-3-4-15-9/h3-6,10H,2H2,1H3,(H,11,12)/p+1/b7-6+,10-5?. The Balaban J connectivity index is 2.62. The van der Waals surface area contributed by atoms with Crippen molar-refractivity contribution in [2.75, 3.05) is 6.61 Å². The third-order valence-electron chi connectivity index (χ3n) is 1.52. The molecule has 0 atom stereocenters. The number of carbonyl (C=O) groups excluding carboxylic acids is 1. The zero-order valence-electron chi connectivity index (χ0n) is 8.27. The van der Waals surface area contributed by atoms with Crippen LogP contribution < -0.4 is 5.32 Å².